The highest BCUT2D eigenvalue weighted by Crippen LogP contribution is 2.75. The predicted octanol–water partition coefficient (Wildman–Crippen LogP) is 4.36. The number of carbonyl (C=O) groups is 2. The van der Waals surface area contributed by atoms with Gasteiger partial charge in [0.05, 0.1) is 29.6 Å². The molecule has 0 saturated heterocycles. The number of carbonyl (C=O) groups excluding carboxylic acids is 1. The normalized spacial score (nSPS) is 51.8. The van der Waals surface area contributed by atoms with Gasteiger partial charge in [-0.05, 0) is 92.3 Å². The van der Waals surface area contributed by atoms with E-state index < -0.39 is 28.3 Å². The average molecular weight is 503 g/mol. The third kappa shape index (κ3) is 2.85. The van der Waals surface area contributed by atoms with Crippen LogP contribution < -0.4 is 0 Å². The molecule has 5 aliphatic carbocycles. The molecule has 4 saturated carbocycles. The second kappa shape index (κ2) is 7.89. The van der Waals surface area contributed by atoms with Gasteiger partial charge in [0, 0.05) is 12.3 Å². The van der Waals surface area contributed by atoms with Gasteiger partial charge in [0.15, 0.2) is 0 Å². The summed E-state index contributed by atoms with van der Waals surface area (Å²) >= 11 is 0. The summed E-state index contributed by atoms with van der Waals surface area (Å²) in [5.41, 5.74) is -2.53. The quantitative estimate of drug-likeness (QED) is 0.426. The lowest BCUT2D eigenvalue weighted by Gasteiger charge is -2.71. The number of aliphatic carboxylic acids is 1. The molecule has 6 heteroatoms. The first kappa shape index (κ1) is 26.4. The minimum absolute atomic E-state index is 0.00650. The number of fused-ring (bicyclic) bond motifs is 7. The van der Waals surface area contributed by atoms with Crippen LogP contribution in [0.4, 0.5) is 0 Å². The molecule has 4 fully saturated rings. The van der Waals surface area contributed by atoms with Crippen molar-refractivity contribution in [3.05, 3.63) is 11.6 Å². The standard InChI is InChI=1S/C30H46O6/c1-18-8-13-29(24(34)35)15-14-26(3)19(23(29)28(18,5)36)6-7-20-25(2)11-10-22(33)30(16-31,17-32)21(25)9-12-27(20,26)4/h6,18,20-21,23,31-32,36H,7-17H2,1-5H3,(H,34,35)/t18-,20+,21-,23-,25-,26-,27-,28-,29+/m1/s1. The fraction of sp³-hybridized carbons (Fsp3) is 0.867. The molecule has 0 unspecified atom stereocenters. The molecular weight excluding hydrogens is 456 g/mol. The molecule has 0 radical (unpaired) electrons. The van der Waals surface area contributed by atoms with E-state index in [1.807, 2.05) is 6.92 Å². The summed E-state index contributed by atoms with van der Waals surface area (Å²) in [6.07, 6.45) is 8.52. The highest BCUT2D eigenvalue weighted by atomic mass is 16.4. The molecule has 0 aromatic heterocycles. The number of Topliss-reactive ketones (excluding diaryl/α,β-unsaturated/α-hetero) is 1. The van der Waals surface area contributed by atoms with Crippen molar-refractivity contribution in [3.8, 4) is 0 Å². The van der Waals surface area contributed by atoms with Gasteiger partial charge < -0.3 is 20.4 Å². The van der Waals surface area contributed by atoms with Gasteiger partial charge in [-0.25, -0.2) is 0 Å². The highest BCUT2D eigenvalue weighted by molar-refractivity contribution is 5.86. The lowest BCUT2D eigenvalue weighted by molar-refractivity contribution is -0.213. The Bertz CT molecular complexity index is 995. The van der Waals surface area contributed by atoms with Gasteiger partial charge in [-0.2, -0.15) is 0 Å². The summed E-state index contributed by atoms with van der Waals surface area (Å²) in [6, 6.07) is 0. The second-order valence-corrected chi connectivity index (χ2v) is 14.2. The fourth-order valence-electron chi connectivity index (χ4n) is 10.8. The van der Waals surface area contributed by atoms with Crippen molar-refractivity contribution in [2.24, 2.45) is 50.7 Å². The Morgan fingerprint density at radius 3 is 2.25 bits per heavy atom. The van der Waals surface area contributed by atoms with Crippen LogP contribution in [0.2, 0.25) is 0 Å². The Morgan fingerprint density at radius 1 is 0.972 bits per heavy atom. The first-order valence-corrected chi connectivity index (χ1v) is 14.1. The molecule has 0 spiro atoms. The predicted molar refractivity (Wildman–Crippen MR) is 136 cm³/mol. The Balaban J connectivity index is 1.64. The number of carboxylic acid groups (broad SMARTS) is 1. The Labute approximate surface area is 215 Å². The first-order valence-electron chi connectivity index (χ1n) is 14.1. The van der Waals surface area contributed by atoms with Gasteiger partial charge in [0.25, 0.3) is 0 Å². The maximum atomic E-state index is 13.0. The van der Waals surface area contributed by atoms with Gasteiger partial charge in [-0.1, -0.05) is 39.3 Å². The lowest BCUT2D eigenvalue weighted by Crippen LogP contribution is -2.68. The molecule has 5 aliphatic rings. The maximum absolute atomic E-state index is 13.0. The number of carboxylic acids is 1. The summed E-state index contributed by atoms with van der Waals surface area (Å²) in [5.74, 6) is -0.977. The van der Waals surface area contributed by atoms with E-state index >= 15 is 0 Å². The van der Waals surface area contributed by atoms with Crippen molar-refractivity contribution in [2.75, 3.05) is 13.2 Å². The van der Waals surface area contributed by atoms with Crippen LogP contribution in [0, 0.1) is 50.7 Å². The van der Waals surface area contributed by atoms with E-state index in [0.717, 1.165) is 44.1 Å². The van der Waals surface area contributed by atoms with Crippen LogP contribution in [-0.4, -0.2) is 51.0 Å². The smallest absolute Gasteiger partial charge is 0.310 e. The van der Waals surface area contributed by atoms with Gasteiger partial charge >= 0.3 is 5.97 Å². The van der Waals surface area contributed by atoms with Crippen LogP contribution in [0.15, 0.2) is 11.6 Å². The van der Waals surface area contributed by atoms with E-state index in [2.05, 4.69) is 33.8 Å². The van der Waals surface area contributed by atoms with Crippen molar-refractivity contribution in [1.82, 2.24) is 0 Å². The first-order chi connectivity index (χ1) is 16.7. The van der Waals surface area contributed by atoms with Crippen molar-refractivity contribution >= 4 is 11.8 Å². The lowest BCUT2D eigenvalue weighted by atomic mass is 9.33. The molecule has 6 nitrogen and oxygen atoms in total. The maximum Gasteiger partial charge on any atom is 0.310 e. The van der Waals surface area contributed by atoms with Crippen LogP contribution in [0.5, 0.6) is 0 Å². The number of aliphatic hydroxyl groups excluding tert-OH is 2. The van der Waals surface area contributed by atoms with E-state index in [4.69, 9.17) is 0 Å². The Morgan fingerprint density at radius 2 is 1.64 bits per heavy atom. The number of aliphatic hydroxyl groups is 3. The molecule has 5 rings (SSSR count). The van der Waals surface area contributed by atoms with Gasteiger partial charge in [0.1, 0.15) is 5.78 Å². The molecular formula is C30H46O6. The number of hydrogen-bond donors (Lipinski definition) is 4. The summed E-state index contributed by atoms with van der Waals surface area (Å²) in [4.78, 5) is 25.9. The van der Waals surface area contributed by atoms with E-state index in [-0.39, 0.29) is 53.0 Å². The average Bonchev–Trinajstić information content (AvgIpc) is 2.82. The minimum Gasteiger partial charge on any atom is -0.481 e. The molecule has 0 aromatic rings. The molecule has 0 aliphatic heterocycles. The summed E-state index contributed by atoms with van der Waals surface area (Å²) in [7, 11) is 0. The molecule has 0 amide bonds. The zero-order valence-electron chi connectivity index (χ0n) is 22.8. The van der Waals surface area contributed by atoms with Crippen molar-refractivity contribution in [3.63, 3.8) is 0 Å². The molecule has 4 N–H and O–H groups in total. The summed E-state index contributed by atoms with van der Waals surface area (Å²) < 4.78 is 0. The van der Waals surface area contributed by atoms with E-state index in [1.54, 1.807) is 0 Å². The van der Waals surface area contributed by atoms with Crippen LogP contribution in [-0.2, 0) is 9.59 Å². The third-order valence-electron chi connectivity index (χ3n) is 13.4. The largest absolute Gasteiger partial charge is 0.481 e. The van der Waals surface area contributed by atoms with Crippen molar-refractivity contribution in [1.29, 1.82) is 0 Å². The van der Waals surface area contributed by atoms with Crippen LogP contribution in [0.25, 0.3) is 0 Å². The van der Waals surface area contributed by atoms with Gasteiger partial charge in [0.2, 0.25) is 0 Å². The number of allylic oxidation sites excluding steroid dienone is 1. The fourth-order valence-corrected chi connectivity index (χ4v) is 10.8. The number of hydrogen-bond acceptors (Lipinski definition) is 5. The van der Waals surface area contributed by atoms with Crippen molar-refractivity contribution < 1.29 is 30.0 Å². The molecule has 202 valence electrons. The summed E-state index contributed by atoms with van der Waals surface area (Å²) in [5, 5.41) is 43.2. The molecule has 9 atom stereocenters. The van der Waals surface area contributed by atoms with Crippen LogP contribution >= 0.6 is 0 Å². The van der Waals surface area contributed by atoms with E-state index in [9.17, 15) is 30.0 Å². The summed E-state index contributed by atoms with van der Waals surface area (Å²) in [6.45, 7) is 10.3. The monoisotopic (exact) mass is 502 g/mol. The topological polar surface area (TPSA) is 115 Å². The molecule has 0 bridgehead atoms. The van der Waals surface area contributed by atoms with E-state index in [1.165, 1.54) is 0 Å². The third-order valence-corrected chi connectivity index (χ3v) is 13.4. The van der Waals surface area contributed by atoms with Crippen LogP contribution in [0.3, 0.4) is 0 Å². The van der Waals surface area contributed by atoms with E-state index in [0.29, 0.717) is 19.3 Å². The molecule has 36 heavy (non-hydrogen) atoms. The van der Waals surface area contributed by atoms with Gasteiger partial charge in [-0.3, -0.25) is 9.59 Å². The minimum atomic E-state index is -1.09. The zero-order valence-corrected chi connectivity index (χ0v) is 22.8. The SMILES string of the molecule is C[C@@H]1CC[C@]2(C(=O)O)CC[C@]3(C)C(=CC[C@H]4[C@@]5(C)CCC(=O)C(CO)(CO)[C@@H]5CC[C@]43C)[C@@H]2[C@]1(C)O. The van der Waals surface area contributed by atoms with Crippen molar-refractivity contribution in [2.45, 2.75) is 98.0 Å². The number of ketones is 1. The second-order valence-electron chi connectivity index (χ2n) is 14.2. The molecule has 0 aromatic carbocycles. The van der Waals surface area contributed by atoms with Gasteiger partial charge in [-0.15, -0.1) is 0 Å². The Hall–Kier alpha value is -1.24. The zero-order chi connectivity index (χ0) is 26.5. The highest BCUT2D eigenvalue weighted by Gasteiger charge is 2.72. The Kier molecular flexibility index (Phi) is 5.78. The number of rotatable bonds is 3. The molecule has 0 heterocycles. The van der Waals surface area contributed by atoms with Crippen LogP contribution in [0.1, 0.15) is 92.4 Å².